The largest absolute Gasteiger partial charge is 0.462 e. The number of allylic oxidation sites excluding steroid dienone is 8. The number of rotatable bonds is 67. The van der Waals surface area contributed by atoms with Gasteiger partial charge in [-0.1, -0.05) is 365 Å². The van der Waals surface area contributed by atoms with Crippen molar-refractivity contribution in [3.05, 3.63) is 48.6 Å². The van der Waals surface area contributed by atoms with Gasteiger partial charge in [-0.25, -0.2) is 0 Å². The summed E-state index contributed by atoms with van der Waals surface area (Å²) in [4.78, 5) is 38.4. The van der Waals surface area contributed by atoms with E-state index in [1.165, 1.54) is 270 Å². The number of carbonyl (C=O) groups is 3. The van der Waals surface area contributed by atoms with Crippen LogP contribution in [0.1, 0.15) is 393 Å². The second-order valence-corrected chi connectivity index (χ2v) is 24.5. The van der Waals surface area contributed by atoms with Crippen LogP contribution in [0.15, 0.2) is 48.6 Å². The first kappa shape index (κ1) is 78.4. The van der Waals surface area contributed by atoms with Crippen LogP contribution in [0.3, 0.4) is 0 Å². The van der Waals surface area contributed by atoms with Crippen LogP contribution in [0.5, 0.6) is 0 Å². The molecule has 1 unspecified atom stereocenters. The quantitative estimate of drug-likeness (QED) is 0.0261. The van der Waals surface area contributed by atoms with Crippen LogP contribution in [0.25, 0.3) is 0 Å². The van der Waals surface area contributed by atoms with E-state index in [0.717, 1.165) is 83.5 Å². The second-order valence-electron chi connectivity index (χ2n) is 24.5. The predicted molar refractivity (Wildman–Crippen MR) is 353 cm³/mol. The molecule has 6 nitrogen and oxygen atoms in total. The molecule has 0 radical (unpaired) electrons. The molecule has 0 rings (SSSR count). The summed E-state index contributed by atoms with van der Waals surface area (Å²) in [7, 11) is 0. The molecular weight excluding hydrogens is 997 g/mol. The van der Waals surface area contributed by atoms with Crippen LogP contribution in [0.2, 0.25) is 0 Å². The highest BCUT2D eigenvalue weighted by Crippen LogP contribution is 2.19. The van der Waals surface area contributed by atoms with Crippen molar-refractivity contribution >= 4 is 17.9 Å². The van der Waals surface area contributed by atoms with Crippen LogP contribution >= 0.6 is 0 Å². The lowest BCUT2D eigenvalue weighted by molar-refractivity contribution is -0.167. The number of ether oxygens (including phenoxy) is 3. The van der Waals surface area contributed by atoms with Crippen molar-refractivity contribution in [3.63, 3.8) is 0 Å². The average Bonchev–Trinajstić information content (AvgIpc) is 3.47. The second kappa shape index (κ2) is 69.9. The Kier molecular flexibility index (Phi) is 67.6. The minimum atomic E-state index is -0.788. The minimum absolute atomic E-state index is 0.0811. The smallest absolute Gasteiger partial charge is 0.306 e. The normalized spacial score (nSPS) is 12.3. The molecule has 81 heavy (non-hydrogen) atoms. The van der Waals surface area contributed by atoms with E-state index in [-0.39, 0.29) is 31.1 Å². The van der Waals surface area contributed by atoms with Crippen molar-refractivity contribution in [2.75, 3.05) is 13.2 Å². The van der Waals surface area contributed by atoms with Gasteiger partial charge >= 0.3 is 17.9 Å². The molecule has 0 heterocycles. The van der Waals surface area contributed by atoms with Crippen molar-refractivity contribution in [3.8, 4) is 0 Å². The highest BCUT2D eigenvalue weighted by atomic mass is 16.6. The van der Waals surface area contributed by atoms with Crippen LogP contribution in [0, 0.1) is 0 Å². The van der Waals surface area contributed by atoms with E-state index in [1.807, 2.05) is 0 Å². The summed E-state index contributed by atoms with van der Waals surface area (Å²) < 4.78 is 16.9. The zero-order chi connectivity index (χ0) is 58.5. The van der Waals surface area contributed by atoms with Crippen molar-refractivity contribution in [1.82, 2.24) is 0 Å². The van der Waals surface area contributed by atoms with Crippen molar-refractivity contribution in [2.24, 2.45) is 0 Å². The Hall–Kier alpha value is -2.63. The molecule has 0 amide bonds. The van der Waals surface area contributed by atoms with Gasteiger partial charge in [0.1, 0.15) is 13.2 Å². The Morgan fingerprint density at radius 1 is 0.259 bits per heavy atom. The third-order valence-corrected chi connectivity index (χ3v) is 16.3. The molecule has 0 fully saturated rings. The van der Waals surface area contributed by atoms with Crippen molar-refractivity contribution in [2.45, 2.75) is 399 Å². The fourth-order valence-electron chi connectivity index (χ4n) is 11.0. The fraction of sp³-hybridized carbons (Fsp3) is 0.853. The SMILES string of the molecule is CC/C=C\C/C=C\C/C=C\C/C=C\CCCCC(=O)OCC(COC(=O)CCCCCCCCCCCCCCCCCCCCCCCCCCCCCCCCCC)OC(=O)CCCCCCCCCCCCCCCCCC. The Labute approximate surface area is 505 Å². The van der Waals surface area contributed by atoms with E-state index in [9.17, 15) is 14.4 Å². The number of esters is 3. The zero-order valence-corrected chi connectivity index (χ0v) is 54.6. The lowest BCUT2D eigenvalue weighted by Crippen LogP contribution is -2.30. The van der Waals surface area contributed by atoms with E-state index in [1.54, 1.807) is 0 Å². The molecule has 0 bridgehead atoms. The van der Waals surface area contributed by atoms with Crippen LogP contribution < -0.4 is 0 Å². The van der Waals surface area contributed by atoms with Gasteiger partial charge in [-0.2, -0.15) is 0 Å². The van der Waals surface area contributed by atoms with Gasteiger partial charge < -0.3 is 14.2 Å². The molecule has 0 spiro atoms. The lowest BCUT2D eigenvalue weighted by atomic mass is 10.0. The first-order valence-electron chi connectivity index (χ1n) is 36.1. The number of carbonyl (C=O) groups excluding carboxylic acids is 3. The maximum Gasteiger partial charge on any atom is 0.306 e. The first-order valence-corrected chi connectivity index (χ1v) is 36.1. The molecule has 0 saturated carbocycles. The van der Waals surface area contributed by atoms with Crippen molar-refractivity contribution < 1.29 is 28.6 Å². The highest BCUT2D eigenvalue weighted by molar-refractivity contribution is 5.71. The Morgan fingerprint density at radius 2 is 0.481 bits per heavy atom. The summed E-state index contributed by atoms with van der Waals surface area (Å²) in [6.07, 6.45) is 88.9. The zero-order valence-electron chi connectivity index (χ0n) is 54.6. The molecule has 0 saturated heterocycles. The van der Waals surface area contributed by atoms with Gasteiger partial charge in [0.25, 0.3) is 0 Å². The van der Waals surface area contributed by atoms with Gasteiger partial charge in [0.2, 0.25) is 0 Å². The standard InChI is InChI=1S/C75H138O6/c1-4-7-10-13-16-19-22-25-28-30-31-32-33-34-35-36-37-38-39-40-41-42-43-44-45-48-50-53-56-59-62-65-68-74(77)80-71-72(70-79-73(76)67-64-61-58-55-52-49-46-27-24-21-18-15-12-9-6-3)81-75(78)69-66-63-60-57-54-51-47-29-26-23-20-17-14-11-8-5-2/h9,12,18,21,27,46,52,55,72H,4-8,10-11,13-17,19-20,22-26,28-45,47-51,53-54,56-71H2,1-3H3/b12-9-,21-18-,46-27-,55-52-. The fourth-order valence-corrected chi connectivity index (χ4v) is 11.0. The topological polar surface area (TPSA) is 78.9 Å². The Balaban J connectivity index is 4.15. The van der Waals surface area contributed by atoms with E-state index in [2.05, 4.69) is 69.4 Å². The Bertz CT molecular complexity index is 1400. The van der Waals surface area contributed by atoms with Crippen LogP contribution in [0.4, 0.5) is 0 Å². The van der Waals surface area contributed by atoms with E-state index in [0.29, 0.717) is 19.3 Å². The summed E-state index contributed by atoms with van der Waals surface area (Å²) in [5.41, 5.74) is 0. The van der Waals surface area contributed by atoms with Crippen LogP contribution in [-0.2, 0) is 28.6 Å². The average molecular weight is 1140 g/mol. The van der Waals surface area contributed by atoms with Gasteiger partial charge in [0.05, 0.1) is 0 Å². The molecule has 474 valence electrons. The number of unbranched alkanes of at least 4 members (excludes halogenated alkanes) is 48. The lowest BCUT2D eigenvalue weighted by Gasteiger charge is -2.18. The molecule has 1 atom stereocenters. The van der Waals surface area contributed by atoms with Gasteiger partial charge in [-0.3, -0.25) is 14.4 Å². The molecule has 0 aliphatic carbocycles. The highest BCUT2D eigenvalue weighted by Gasteiger charge is 2.19. The number of hydrogen-bond acceptors (Lipinski definition) is 6. The van der Waals surface area contributed by atoms with Crippen molar-refractivity contribution in [1.29, 1.82) is 0 Å². The minimum Gasteiger partial charge on any atom is -0.462 e. The van der Waals surface area contributed by atoms with E-state index < -0.39 is 6.10 Å². The third-order valence-electron chi connectivity index (χ3n) is 16.3. The summed E-state index contributed by atoms with van der Waals surface area (Å²) >= 11 is 0. The van der Waals surface area contributed by atoms with Gasteiger partial charge in [-0.15, -0.1) is 0 Å². The summed E-state index contributed by atoms with van der Waals surface area (Å²) in [6.45, 7) is 6.56. The molecule has 0 aromatic heterocycles. The monoisotopic (exact) mass is 1140 g/mol. The summed E-state index contributed by atoms with van der Waals surface area (Å²) in [5.74, 6) is -0.898. The van der Waals surface area contributed by atoms with Gasteiger partial charge in [0.15, 0.2) is 6.10 Å². The Morgan fingerprint density at radius 3 is 0.753 bits per heavy atom. The molecule has 0 N–H and O–H groups in total. The van der Waals surface area contributed by atoms with E-state index in [4.69, 9.17) is 14.2 Å². The molecule has 0 aliphatic heterocycles. The molecular formula is C75H138O6. The number of hydrogen-bond donors (Lipinski definition) is 0. The maximum atomic E-state index is 12.9. The summed E-state index contributed by atoms with van der Waals surface area (Å²) in [6, 6.07) is 0. The molecule has 6 heteroatoms. The third kappa shape index (κ3) is 68.0. The maximum absolute atomic E-state index is 12.9. The van der Waals surface area contributed by atoms with Gasteiger partial charge in [-0.05, 0) is 57.8 Å². The predicted octanol–water partition coefficient (Wildman–Crippen LogP) is 24.9. The molecule has 0 aromatic rings. The summed E-state index contributed by atoms with van der Waals surface area (Å²) in [5, 5.41) is 0. The first-order chi connectivity index (χ1) is 40.0. The molecule has 0 aliphatic rings. The molecule has 0 aromatic carbocycles. The van der Waals surface area contributed by atoms with Crippen LogP contribution in [-0.4, -0.2) is 37.2 Å². The van der Waals surface area contributed by atoms with Gasteiger partial charge in [0, 0.05) is 19.3 Å². The van der Waals surface area contributed by atoms with E-state index >= 15 is 0 Å².